The minimum absolute atomic E-state index is 0.0942. The summed E-state index contributed by atoms with van der Waals surface area (Å²) in [4.78, 5) is 11.9. The van der Waals surface area contributed by atoms with Gasteiger partial charge < -0.3 is 10.8 Å². The van der Waals surface area contributed by atoms with E-state index in [4.69, 9.17) is 34.3 Å². The lowest BCUT2D eigenvalue weighted by Gasteiger charge is -2.32. The van der Waals surface area contributed by atoms with Crippen molar-refractivity contribution in [2.45, 2.75) is 38.7 Å². The first-order valence-electron chi connectivity index (χ1n) is 7.59. The van der Waals surface area contributed by atoms with Crippen LogP contribution in [0.5, 0.6) is 0 Å². The molecular weight excluding hydrogens is 335 g/mol. The zero-order valence-corrected chi connectivity index (χ0v) is 14.3. The van der Waals surface area contributed by atoms with Crippen LogP contribution in [0.25, 0.3) is 5.57 Å². The smallest absolute Gasteiger partial charge is 0.156 e. The lowest BCUT2D eigenvalue weighted by atomic mass is 9.71. The highest BCUT2D eigenvalue weighted by Gasteiger charge is 2.44. The summed E-state index contributed by atoms with van der Waals surface area (Å²) in [5.74, 6) is -0.269. The number of halogens is 2. The average molecular weight is 353 g/mol. The van der Waals surface area contributed by atoms with Crippen molar-refractivity contribution in [1.82, 2.24) is 0 Å². The van der Waals surface area contributed by atoms with E-state index in [2.05, 4.69) is 6.92 Å². The van der Waals surface area contributed by atoms with Gasteiger partial charge in [0.1, 0.15) is 11.9 Å². The van der Waals surface area contributed by atoms with Crippen LogP contribution in [0.1, 0.15) is 49.0 Å². The minimum atomic E-state index is -1.28. The monoisotopic (exact) mass is 352 g/mol. The summed E-state index contributed by atoms with van der Waals surface area (Å²) in [7, 11) is 0. The molecule has 1 aromatic rings. The fraction of sp³-hybridized carbons (Fsp3) is 0.412. The van der Waals surface area contributed by atoms with Gasteiger partial charge in [-0.2, -0.15) is 0 Å². The first-order chi connectivity index (χ1) is 10.8. The van der Waals surface area contributed by atoms with E-state index in [9.17, 15) is 9.90 Å². The average Bonchev–Trinajstić information content (AvgIpc) is 2.84. The van der Waals surface area contributed by atoms with Crippen LogP contribution >= 0.6 is 23.2 Å². The number of carbonyl (C=O) groups is 1. The first kappa shape index (κ1) is 16.5. The highest BCUT2D eigenvalue weighted by molar-refractivity contribution is 6.44. The molecule has 3 rings (SSSR count). The summed E-state index contributed by atoms with van der Waals surface area (Å²) < 4.78 is 0. The van der Waals surface area contributed by atoms with Crippen molar-refractivity contribution in [3.8, 4) is 0 Å². The van der Waals surface area contributed by atoms with Crippen molar-refractivity contribution in [2.24, 2.45) is 11.1 Å². The molecule has 0 radical (unpaired) electrons. The molecule has 0 spiro atoms. The molecule has 0 heterocycles. The summed E-state index contributed by atoms with van der Waals surface area (Å²) in [6, 6.07) is 1.77. The molecule has 0 aliphatic heterocycles. The second-order valence-corrected chi connectivity index (χ2v) is 7.08. The highest BCUT2D eigenvalue weighted by Crippen LogP contribution is 2.57. The Labute approximate surface area is 144 Å². The first-order valence-corrected chi connectivity index (χ1v) is 8.34. The summed E-state index contributed by atoms with van der Waals surface area (Å²) in [5, 5.41) is 18.1. The maximum atomic E-state index is 11.9. The molecule has 2 aliphatic carbocycles. The van der Waals surface area contributed by atoms with E-state index in [1.807, 2.05) is 0 Å². The number of rotatable bonds is 3. The van der Waals surface area contributed by atoms with E-state index in [1.165, 1.54) is 0 Å². The Hall–Kier alpha value is -1.36. The molecule has 122 valence electrons. The van der Waals surface area contributed by atoms with Crippen molar-refractivity contribution in [3.63, 3.8) is 0 Å². The number of aliphatic hydroxyl groups is 1. The number of nitrogens with two attached hydrogens (primary N) is 1. The number of allylic oxidation sites excluding steroid dienone is 2. The minimum Gasteiger partial charge on any atom is -0.385 e. The number of aliphatic hydroxyl groups excluding tert-OH is 1. The van der Waals surface area contributed by atoms with Crippen LogP contribution in [-0.2, 0) is 11.2 Å². The van der Waals surface area contributed by atoms with Crippen molar-refractivity contribution in [2.75, 3.05) is 0 Å². The Bertz CT molecular complexity index is 757. The molecule has 2 unspecified atom stereocenters. The predicted octanol–water partition coefficient (Wildman–Crippen LogP) is 3.66. The van der Waals surface area contributed by atoms with Gasteiger partial charge in [0, 0.05) is 23.0 Å². The van der Waals surface area contributed by atoms with Gasteiger partial charge in [-0.15, -0.1) is 0 Å². The van der Waals surface area contributed by atoms with Gasteiger partial charge in [-0.3, -0.25) is 10.2 Å². The van der Waals surface area contributed by atoms with Crippen LogP contribution in [0.2, 0.25) is 10.0 Å². The topological polar surface area (TPSA) is 87.2 Å². The predicted molar refractivity (Wildman–Crippen MR) is 92.0 cm³/mol. The van der Waals surface area contributed by atoms with Crippen molar-refractivity contribution in [1.29, 1.82) is 5.41 Å². The molecule has 0 aromatic heterocycles. The van der Waals surface area contributed by atoms with Crippen LogP contribution in [-0.4, -0.2) is 16.7 Å². The zero-order chi connectivity index (χ0) is 16.9. The summed E-state index contributed by atoms with van der Waals surface area (Å²) in [6.45, 7) is 2.11. The Balaban J connectivity index is 2.23. The highest BCUT2D eigenvalue weighted by atomic mass is 35.5. The number of ketones is 1. The van der Waals surface area contributed by atoms with E-state index in [-0.39, 0.29) is 22.1 Å². The third-order valence-electron chi connectivity index (χ3n) is 5.11. The van der Waals surface area contributed by atoms with Gasteiger partial charge in [0.2, 0.25) is 0 Å². The third-order valence-corrected chi connectivity index (χ3v) is 5.99. The van der Waals surface area contributed by atoms with Crippen molar-refractivity contribution in [3.05, 3.63) is 38.9 Å². The standard InChI is InChI=1S/C17H18Cl2N2O2/c1-2-17-4-3-9(22)6-11(17)12-8(7-17)5-10(13(18)14(12)19)15(23)16(20)21/h5-6,15,23H,2-4,7H2,1H3,(H3,20,21). The van der Waals surface area contributed by atoms with E-state index in [0.717, 1.165) is 36.0 Å². The Kier molecular flexibility index (Phi) is 4.03. The molecule has 0 fully saturated rings. The molecule has 0 bridgehead atoms. The fourth-order valence-electron chi connectivity index (χ4n) is 3.76. The largest absolute Gasteiger partial charge is 0.385 e. The lowest BCUT2D eigenvalue weighted by molar-refractivity contribution is -0.115. The van der Waals surface area contributed by atoms with E-state index in [0.29, 0.717) is 17.0 Å². The maximum absolute atomic E-state index is 11.9. The molecule has 2 atom stereocenters. The van der Waals surface area contributed by atoms with Gasteiger partial charge in [0.15, 0.2) is 5.78 Å². The van der Waals surface area contributed by atoms with Crippen LogP contribution in [0.4, 0.5) is 0 Å². The molecule has 1 aromatic carbocycles. The summed E-state index contributed by atoms with van der Waals surface area (Å²) in [5.41, 5.74) is 8.38. The van der Waals surface area contributed by atoms with Crippen molar-refractivity contribution < 1.29 is 9.90 Å². The maximum Gasteiger partial charge on any atom is 0.156 e. The van der Waals surface area contributed by atoms with E-state index in [1.54, 1.807) is 12.1 Å². The van der Waals surface area contributed by atoms with Gasteiger partial charge in [0.25, 0.3) is 0 Å². The molecular formula is C17H18Cl2N2O2. The molecule has 23 heavy (non-hydrogen) atoms. The molecule has 2 aliphatic rings. The van der Waals surface area contributed by atoms with Crippen LogP contribution < -0.4 is 5.73 Å². The molecule has 4 nitrogen and oxygen atoms in total. The van der Waals surface area contributed by atoms with Gasteiger partial charge >= 0.3 is 0 Å². The number of amidine groups is 1. The molecule has 6 heteroatoms. The van der Waals surface area contributed by atoms with Gasteiger partial charge in [-0.25, -0.2) is 0 Å². The van der Waals surface area contributed by atoms with Gasteiger partial charge in [-0.05, 0) is 36.5 Å². The number of benzene rings is 1. The zero-order valence-electron chi connectivity index (χ0n) is 12.7. The summed E-state index contributed by atoms with van der Waals surface area (Å²) >= 11 is 12.8. The van der Waals surface area contributed by atoms with Crippen molar-refractivity contribution >= 4 is 40.4 Å². The third kappa shape index (κ3) is 2.40. The number of hydrogen-bond acceptors (Lipinski definition) is 3. The Morgan fingerprint density at radius 2 is 2.17 bits per heavy atom. The van der Waals surface area contributed by atoms with E-state index < -0.39 is 6.10 Å². The summed E-state index contributed by atoms with van der Waals surface area (Å²) in [6.07, 6.45) is 3.41. The number of hydrogen-bond donors (Lipinski definition) is 3. The molecule has 0 amide bonds. The normalized spacial score (nSPS) is 24.0. The second kappa shape index (κ2) is 5.62. The number of fused-ring (bicyclic) bond motifs is 3. The van der Waals surface area contributed by atoms with Gasteiger partial charge in [-0.1, -0.05) is 36.2 Å². The molecule has 4 N–H and O–H groups in total. The fourth-order valence-corrected chi connectivity index (χ4v) is 4.34. The quantitative estimate of drug-likeness (QED) is 0.572. The number of nitrogens with one attached hydrogen (secondary N) is 1. The SMILES string of the molecule is CCC12CCC(=O)C=C1c1c(cc(C(O)C(=N)N)c(Cl)c1Cl)C2. The molecule has 0 saturated heterocycles. The lowest BCUT2D eigenvalue weighted by Crippen LogP contribution is -2.24. The van der Waals surface area contributed by atoms with Gasteiger partial charge in [0.05, 0.1) is 10.0 Å². The number of carbonyl (C=O) groups excluding carboxylic acids is 1. The van der Waals surface area contributed by atoms with E-state index >= 15 is 0 Å². The second-order valence-electron chi connectivity index (χ2n) is 6.32. The Morgan fingerprint density at radius 1 is 1.48 bits per heavy atom. The van der Waals surface area contributed by atoms with Crippen LogP contribution in [0, 0.1) is 10.8 Å². The van der Waals surface area contributed by atoms with Crippen LogP contribution in [0.15, 0.2) is 12.1 Å². The molecule has 0 saturated carbocycles. The Morgan fingerprint density at radius 3 is 2.78 bits per heavy atom. The van der Waals surface area contributed by atoms with Crippen LogP contribution in [0.3, 0.4) is 0 Å².